The molecule has 122 valence electrons. The number of nitro benzene ring substituents is 1. The van der Waals surface area contributed by atoms with Crippen molar-refractivity contribution in [3.8, 4) is 5.75 Å². The molecule has 2 rings (SSSR count). The maximum atomic E-state index is 11.0. The predicted octanol–water partition coefficient (Wildman–Crippen LogP) is 3.31. The van der Waals surface area contributed by atoms with E-state index in [-0.39, 0.29) is 11.4 Å². The first-order valence-corrected chi connectivity index (χ1v) is 7.22. The average molecular weight is 315 g/mol. The molecule has 6 nitrogen and oxygen atoms in total. The molecule has 0 atom stereocenters. The molecule has 0 heterocycles. The van der Waals surface area contributed by atoms with Crippen molar-refractivity contribution in [2.45, 2.75) is 6.54 Å². The largest absolute Gasteiger partial charge is 0.490 e. The summed E-state index contributed by atoms with van der Waals surface area (Å²) in [7, 11) is 7.39. The van der Waals surface area contributed by atoms with Gasteiger partial charge in [0, 0.05) is 51.2 Å². The first kappa shape index (κ1) is 16.6. The zero-order valence-electron chi connectivity index (χ0n) is 13.8. The molecule has 0 aliphatic rings. The lowest BCUT2D eigenvalue weighted by Crippen LogP contribution is -2.17. The van der Waals surface area contributed by atoms with E-state index in [9.17, 15) is 10.1 Å². The molecule has 0 aliphatic heterocycles. The molecule has 0 fully saturated rings. The summed E-state index contributed by atoms with van der Waals surface area (Å²) >= 11 is 0. The molecule has 0 saturated carbocycles. The van der Waals surface area contributed by atoms with Crippen molar-refractivity contribution in [3.63, 3.8) is 0 Å². The maximum absolute atomic E-state index is 11.0. The molecule has 0 spiro atoms. The van der Waals surface area contributed by atoms with E-state index in [0.29, 0.717) is 6.54 Å². The molecule has 23 heavy (non-hydrogen) atoms. The van der Waals surface area contributed by atoms with Gasteiger partial charge in [0.15, 0.2) is 5.75 Å². The Hall–Kier alpha value is -2.76. The summed E-state index contributed by atoms with van der Waals surface area (Å²) in [6.45, 7) is 0.697. The lowest BCUT2D eigenvalue weighted by atomic mass is 10.1. The summed E-state index contributed by atoms with van der Waals surface area (Å²) in [5, 5.41) is 11.0. The molecule has 0 unspecified atom stereocenters. The van der Waals surface area contributed by atoms with Crippen molar-refractivity contribution in [2.24, 2.45) is 0 Å². The minimum atomic E-state index is -0.441. The van der Waals surface area contributed by atoms with Crippen LogP contribution in [0.5, 0.6) is 5.75 Å². The third kappa shape index (κ3) is 3.91. The van der Waals surface area contributed by atoms with Gasteiger partial charge in [-0.1, -0.05) is 12.1 Å². The third-order valence-electron chi connectivity index (χ3n) is 3.65. The summed E-state index contributed by atoms with van der Waals surface area (Å²) in [5.74, 6) is 0.265. The van der Waals surface area contributed by atoms with Crippen molar-refractivity contribution in [1.29, 1.82) is 0 Å². The Morgan fingerprint density at radius 2 is 1.83 bits per heavy atom. The summed E-state index contributed by atoms with van der Waals surface area (Å²) in [5.41, 5.74) is 3.13. The number of anilines is 2. The lowest BCUT2D eigenvalue weighted by molar-refractivity contribution is -0.385. The number of rotatable bonds is 6. The number of hydrogen-bond acceptors (Lipinski definition) is 5. The summed E-state index contributed by atoms with van der Waals surface area (Å²) < 4.78 is 5.12. The first-order valence-electron chi connectivity index (χ1n) is 7.22. The Morgan fingerprint density at radius 3 is 2.43 bits per heavy atom. The highest BCUT2D eigenvalue weighted by molar-refractivity contribution is 5.59. The van der Waals surface area contributed by atoms with E-state index in [0.717, 1.165) is 16.9 Å². The van der Waals surface area contributed by atoms with Gasteiger partial charge in [-0.25, -0.2) is 0 Å². The highest BCUT2D eigenvalue weighted by atomic mass is 16.6. The maximum Gasteiger partial charge on any atom is 0.311 e. The van der Waals surface area contributed by atoms with Gasteiger partial charge in [-0.3, -0.25) is 10.1 Å². The minimum absolute atomic E-state index is 0.0285. The van der Waals surface area contributed by atoms with Crippen molar-refractivity contribution in [1.82, 2.24) is 0 Å². The van der Waals surface area contributed by atoms with Gasteiger partial charge < -0.3 is 14.5 Å². The average Bonchev–Trinajstić information content (AvgIpc) is 2.54. The fourth-order valence-corrected chi connectivity index (χ4v) is 2.35. The lowest BCUT2D eigenvalue weighted by Gasteiger charge is -2.21. The molecule has 0 radical (unpaired) electrons. The monoisotopic (exact) mass is 315 g/mol. The number of hydrogen-bond donors (Lipinski definition) is 0. The third-order valence-corrected chi connectivity index (χ3v) is 3.65. The van der Waals surface area contributed by atoms with Gasteiger partial charge in [0.1, 0.15) is 0 Å². The van der Waals surface area contributed by atoms with Crippen LogP contribution in [0, 0.1) is 10.1 Å². The summed E-state index contributed by atoms with van der Waals surface area (Å²) in [6, 6.07) is 13.2. The van der Waals surface area contributed by atoms with Gasteiger partial charge >= 0.3 is 5.69 Å². The van der Waals surface area contributed by atoms with E-state index < -0.39 is 4.92 Å². The molecular formula is C17H21N3O3. The molecule has 0 amide bonds. The van der Waals surface area contributed by atoms with Crippen LogP contribution >= 0.6 is 0 Å². The Labute approximate surface area is 136 Å². The number of nitro groups is 1. The normalized spacial score (nSPS) is 10.3. The van der Waals surface area contributed by atoms with Crippen LogP contribution in [0.3, 0.4) is 0 Å². The van der Waals surface area contributed by atoms with E-state index in [1.807, 2.05) is 32.1 Å². The van der Waals surface area contributed by atoms with Crippen LogP contribution in [0.15, 0.2) is 42.5 Å². The van der Waals surface area contributed by atoms with E-state index >= 15 is 0 Å². The van der Waals surface area contributed by atoms with Gasteiger partial charge in [-0.15, -0.1) is 0 Å². The van der Waals surface area contributed by atoms with Crippen molar-refractivity contribution < 1.29 is 9.66 Å². The molecule has 0 aromatic heterocycles. The molecule has 2 aromatic rings. The van der Waals surface area contributed by atoms with Gasteiger partial charge in [-0.05, 0) is 23.8 Å². The summed E-state index contributed by atoms with van der Waals surface area (Å²) in [6.07, 6.45) is 0. The van der Waals surface area contributed by atoms with Gasteiger partial charge in [0.05, 0.1) is 12.0 Å². The van der Waals surface area contributed by atoms with Gasteiger partial charge in [0.2, 0.25) is 0 Å². The Balaban J connectivity index is 2.22. The second-order valence-corrected chi connectivity index (χ2v) is 5.53. The topological polar surface area (TPSA) is 58.8 Å². The van der Waals surface area contributed by atoms with Crippen LogP contribution in [0.2, 0.25) is 0 Å². The molecule has 0 bridgehead atoms. The van der Waals surface area contributed by atoms with Crippen molar-refractivity contribution >= 4 is 17.1 Å². The fourth-order valence-electron chi connectivity index (χ4n) is 2.35. The standard InChI is InChI=1S/C17H21N3O3/c1-18(2)14-7-5-6-13(10-14)12-19(3)15-8-9-16(20(21)22)17(11-15)23-4/h5-11H,12H2,1-4H3. The molecular weight excluding hydrogens is 294 g/mol. The molecule has 0 saturated heterocycles. The Kier molecular flexibility index (Phi) is 5.05. The second-order valence-electron chi connectivity index (χ2n) is 5.53. The second kappa shape index (κ2) is 7.00. The Bertz CT molecular complexity index is 701. The smallest absolute Gasteiger partial charge is 0.311 e. The Morgan fingerprint density at radius 1 is 1.09 bits per heavy atom. The van der Waals surface area contributed by atoms with Crippen LogP contribution in [0.4, 0.5) is 17.1 Å². The van der Waals surface area contributed by atoms with E-state index in [2.05, 4.69) is 23.1 Å². The molecule has 0 N–H and O–H groups in total. The quantitative estimate of drug-likeness (QED) is 0.604. The van der Waals surface area contributed by atoms with Crippen LogP contribution in [0.25, 0.3) is 0 Å². The molecule has 0 aliphatic carbocycles. The first-order chi connectivity index (χ1) is 10.9. The number of benzene rings is 2. The van der Waals surface area contributed by atoms with Crippen LogP contribution in [-0.4, -0.2) is 33.2 Å². The van der Waals surface area contributed by atoms with Crippen LogP contribution in [0.1, 0.15) is 5.56 Å². The summed E-state index contributed by atoms with van der Waals surface area (Å²) in [4.78, 5) is 14.6. The van der Waals surface area contributed by atoms with Crippen molar-refractivity contribution in [3.05, 3.63) is 58.1 Å². The minimum Gasteiger partial charge on any atom is -0.490 e. The van der Waals surface area contributed by atoms with Crippen LogP contribution < -0.4 is 14.5 Å². The van der Waals surface area contributed by atoms with Gasteiger partial charge in [0.25, 0.3) is 0 Å². The zero-order chi connectivity index (χ0) is 17.0. The number of methoxy groups -OCH3 is 1. The van der Waals surface area contributed by atoms with Crippen LogP contribution in [-0.2, 0) is 6.54 Å². The van der Waals surface area contributed by atoms with Gasteiger partial charge in [-0.2, -0.15) is 0 Å². The highest BCUT2D eigenvalue weighted by Gasteiger charge is 2.16. The highest BCUT2D eigenvalue weighted by Crippen LogP contribution is 2.31. The molecule has 6 heteroatoms. The van der Waals surface area contributed by atoms with Crippen molar-refractivity contribution in [2.75, 3.05) is 38.1 Å². The number of ether oxygens (including phenoxy) is 1. The molecule has 2 aromatic carbocycles. The van der Waals surface area contributed by atoms with E-state index in [1.165, 1.54) is 13.2 Å². The number of nitrogens with zero attached hydrogens (tertiary/aromatic N) is 3. The predicted molar refractivity (Wildman–Crippen MR) is 92.5 cm³/mol. The SMILES string of the molecule is COc1cc(N(C)Cc2cccc(N(C)C)c2)ccc1[N+](=O)[O-]. The van der Waals surface area contributed by atoms with E-state index in [4.69, 9.17) is 4.74 Å². The van der Waals surface area contributed by atoms with E-state index in [1.54, 1.807) is 12.1 Å². The zero-order valence-corrected chi connectivity index (χ0v) is 13.8. The fraction of sp³-hybridized carbons (Fsp3) is 0.294.